The molecule has 2 N–H and O–H groups in total. The Hall–Kier alpha value is -2.87. The van der Waals surface area contributed by atoms with Gasteiger partial charge in [0, 0.05) is 31.6 Å². The number of pyridine rings is 1. The summed E-state index contributed by atoms with van der Waals surface area (Å²) in [6.45, 7) is 0.288. The molecule has 0 aliphatic carbocycles. The zero-order chi connectivity index (χ0) is 16.2. The Morgan fingerprint density at radius 3 is 2.96 bits per heavy atom. The third kappa shape index (κ3) is 3.16. The van der Waals surface area contributed by atoms with Crippen molar-refractivity contribution in [3.63, 3.8) is 0 Å². The molecule has 0 saturated heterocycles. The molecule has 0 fully saturated rings. The van der Waals surface area contributed by atoms with Gasteiger partial charge in [-0.2, -0.15) is 9.38 Å². The van der Waals surface area contributed by atoms with Crippen molar-refractivity contribution >= 4 is 17.3 Å². The van der Waals surface area contributed by atoms with E-state index < -0.39 is 4.92 Å². The van der Waals surface area contributed by atoms with Gasteiger partial charge in [-0.3, -0.25) is 0 Å². The van der Waals surface area contributed by atoms with Crippen molar-refractivity contribution in [2.24, 2.45) is 5.92 Å². The Balaban J connectivity index is 1.78. The predicted molar refractivity (Wildman–Crippen MR) is 83.3 cm³/mol. The lowest BCUT2D eigenvalue weighted by molar-refractivity contribution is -0.389. The number of aromatic nitrogens is 2. The summed E-state index contributed by atoms with van der Waals surface area (Å²) in [7, 11) is 0. The van der Waals surface area contributed by atoms with Gasteiger partial charge < -0.3 is 25.0 Å². The highest BCUT2D eigenvalue weighted by molar-refractivity contribution is 5.62. The highest BCUT2D eigenvalue weighted by Crippen LogP contribution is 2.25. The van der Waals surface area contributed by atoms with Crippen molar-refractivity contribution in [3.05, 3.63) is 58.7 Å². The Morgan fingerprint density at radius 2 is 2.26 bits per heavy atom. The molecule has 23 heavy (non-hydrogen) atoms. The van der Waals surface area contributed by atoms with E-state index in [1.165, 1.54) is 4.40 Å². The van der Waals surface area contributed by atoms with Gasteiger partial charge in [-0.05, 0) is 23.1 Å². The Kier molecular flexibility index (Phi) is 4.24. The molecular weight excluding hydrogens is 300 g/mol. The lowest BCUT2D eigenvalue weighted by Gasteiger charge is -2.13. The maximum atomic E-state index is 11.3. The predicted octanol–water partition coefficient (Wildman–Crippen LogP) is 2.10. The topological polar surface area (TPSA) is 106 Å². The standard InChI is InChI=1S/C15H16N4O4/c20-10-11(8-12-4-3-7-23-12)9-16-14-15(19(21)22)18-6-2-1-5-13(18)17-14/h1-7,11,16,20H,8-10H2. The van der Waals surface area contributed by atoms with Crippen LogP contribution in [0, 0.1) is 16.0 Å². The van der Waals surface area contributed by atoms with Crippen LogP contribution in [0.2, 0.25) is 0 Å². The fraction of sp³-hybridized carbons (Fsp3) is 0.267. The summed E-state index contributed by atoms with van der Waals surface area (Å²) in [5, 5.41) is 23.8. The fourth-order valence-electron chi connectivity index (χ4n) is 2.43. The van der Waals surface area contributed by atoms with Gasteiger partial charge in [-0.15, -0.1) is 0 Å². The molecule has 120 valence electrons. The third-order valence-electron chi connectivity index (χ3n) is 3.56. The van der Waals surface area contributed by atoms with Crippen molar-refractivity contribution in [3.8, 4) is 0 Å². The van der Waals surface area contributed by atoms with Crippen LogP contribution in [0.5, 0.6) is 0 Å². The van der Waals surface area contributed by atoms with E-state index in [1.54, 1.807) is 36.7 Å². The Morgan fingerprint density at radius 1 is 1.39 bits per heavy atom. The fourth-order valence-corrected chi connectivity index (χ4v) is 2.43. The molecule has 1 unspecified atom stereocenters. The van der Waals surface area contributed by atoms with Crippen LogP contribution in [0.3, 0.4) is 0 Å². The lowest BCUT2D eigenvalue weighted by Crippen LogP contribution is -2.20. The summed E-state index contributed by atoms with van der Waals surface area (Å²) >= 11 is 0. The SMILES string of the molecule is O=[N+]([O-])c1c(NCC(CO)Cc2ccco2)nc2ccccn12. The molecule has 0 bridgehead atoms. The number of fused-ring (bicyclic) bond motifs is 1. The highest BCUT2D eigenvalue weighted by Gasteiger charge is 2.23. The first-order valence-corrected chi connectivity index (χ1v) is 7.17. The van der Waals surface area contributed by atoms with Gasteiger partial charge in [0.2, 0.25) is 11.5 Å². The molecule has 0 aliphatic heterocycles. The maximum absolute atomic E-state index is 11.3. The normalized spacial score (nSPS) is 12.4. The highest BCUT2D eigenvalue weighted by atomic mass is 16.6. The number of hydrogen-bond donors (Lipinski definition) is 2. The molecule has 3 rings (SSSR count). The number of anilines is 1. The average molecular weight is 316 g/mol. The first-order chi connectivity index (χ1) is 11.2. The molecule has 8 nitrogen and oxygen atoms in total. The molecular formula is C15H16N4O4. The molecule has 0 aliphatic rings. The smallest absolute Gasteiger partial charge is 0.372 e. The van der Waals surface area contributed by atoms with Gasteiger partial charge in [-0.25, -0.2) is 0 Å². The minimum Gasteiger partial charge on any atom is -0.469 e. The largest absolute Gasteiger partial charge is 0.469 e. The minimum absolute atomic E-state index is 0.0606. The summed E-state index contributed by atoms with van der Waals surface area (Å²) in [6, 6.07) is 8.78. The first kappa shape index (κ1) is 15.0. The molecule has 3 aromatic heterocycles. The third-order valence-corrected chi connectivity index (χ3v) is 3.56. The second kappa shape index (κ2) is 6.49. The number of aliphatic hydroxyl groups excluding tert-OH is 1. The van der Waals surface area contributed by atoms with E-state index in [1.807, 2.05) is 6.07 Å². The number of nitrogens with one attached hydrogen (secondary N) is 1. The average Bonchev–Trinajstić information content (AvgIpc) is 3.18. The molecule has 0 saturated carbocycles. The second-order valence-electron chi connectivity index (χ2n) is 5.18. The number of imidazole rings is 1. The van der Waals surface area contributed by atoms with Crippen LogP contribution in [-0.4, -0.2) is 32.6 Å². The molecule has 3 heterocycles. The van der Waals surface area contributed by atoms with Gasteiger partial charge in [0.1, 0.15) is 5.76 Å². The van der Waals surface area contributed by atoms with Gasteiger partial charge in [0.25, 0.3) is 0 Å². The van der Waals surface area contributed by atoms with E-state index in [0.717, 1.165) is 5.76 Å². The second-order valence-corrected chi connectivity index (χ2v) is 5.18. The van der Waals surface area contributed by atoms with Gasteiger partial charge in [-0.1, -0.05) is 6.07 Å². The van der Waals surface area contributed by atoms with Crippen LogP contribution in [0.1, 0.15) is 5.76 Å². The van der Waals surface area contributed by atoms with E-state index in [9.17, 15) is 15.2 Å². The quantitative estimate of drug-likeness (QED) is 0.511. The molecule has 0 spiro atoms. The van der Waals surface area contributed by atoms with Crippen molar-refractivity contribution in [1.29, 1.82) is 0 Å². The molecule has 0 amide bonds. The van der Waals surface area contributed by atoms with Gasteiger partial charge in [0.15, 0.2) is 0 Å². The molecule has 1 atom stereocenters. The summed E-state index contributed by atoms with van der Waals surface area (Å²) in [5.41, 5.74) is 0.494. The van der Waals surface area contributed by atoms with Crippen molar-refractivity contribution < 1.29 is 14.4 Å². The summed E-state index contributed by atoms with van der Waals surface area (Å²) in [4.78, 5) is 15.1. The number of rotatable bonds is 7. The van der Waals surface area contributed by atoms with E-state index in [0.29, 0.717) is 18.6 Å². The molecule has 0 aromatic carbocycles. The van der Waals surface area contributed by atoms with Gasteiger partial charge in [0.05, 0.1) is 12.5 Å². The number of hydrogen-bond acceptors (Lipinski definition) is 6. The van der Waals surface area contributed by atoms with Crippen molar-refractivity contribution in [2.45, 2.75) is 6.42 Å². The number of furan rings is 1. The van der Waals surface area contributed by atoms with Crippen LogP contribution in [0.25, 0.3) is 5.65 Å². The Bertz CT molecular complexity index is 797. The van der Waals surface area contributed by atoms with E-state index in [4.69, 9.17) is 4.42 Å². The van der Waals surface area contributed by atoms with Crippen LogP contribution >= 0.6 is 0 Å². The van der Waals surface area contributed by atoms with Crippen LogP contribution in [0.4, 0.5) is 11.6 Å². The van der Waals surface area contributed by atoms with E-state index >= 15 is 0 Å². The molecule has 0 radical (unpaired) electrons. The summed E-state index contributed by atoms with van der Waals surface area (Å²) in [5.74, 6) is 0.704. The van der Waals surface area contributed by atoms with Crippen molar-refractivity contribution in [1.82, 2.24) is 9.38 Å². The lowest BCUT2D eigenvalue weighted by atomic mass is 10.1. The van der Waals surface area contributed by atoms with Gasteiger partial charge >= 0.3 is 5.82 Å². The van der Waals surface area contributed by atoms with Crippen LogP contribution in [-0.2, 0) is 6.42 Å². The number of nitro groups is 1. The maximum Gasteiger partial charge on any atom is 0.372 e. The monoisotopic (exact) mass is 316 g/mol. The number of nitrogens with zero attached hydrogens (tertiary/aromatic N) is 3. The zero-order valence-corrected chi connectivity index (χ0v) is 12.3. The minimum atomic E-state index is -0.469. The number of aliphatic hydroxyl groups is 1. The van der Waals surface area contributed by atoms with Crippen LogP contribution < -0.4 is 5.32 Å². The molecule has 3 aromatic rings. The van der Waals surface area contributed by atoms with Crippen molar-refractivity contribution in [2.75, 3.05) is 18.5 Å². The Labute approximate surface area is 131 Å². The molecule has 8 heteroatoms. The first-order valence-electron chi connectivity index (χ1n) is 7.17. The summed E-state index contributed by atoms with van der Waals surface area (Å²) < 4.78 is 6.68. The summed E-state index contributed by atoms with van der Waals surface area (Å²) in [6.07, 6.45) is 3.71. The van der Waals surface area contributed by atoms with E-state index in [-0.39, 0.29) is 24.2 Å². The van der Waals surface area contributed by atoms with E-state index in [2.05, 4.69) is 10.3 Å². The van der Waals surface area contributed by atoms with Crippen LogP contribution in [0.15, 0.2) is 47.2 Å². The zero-order valence-electron chi connectivity index (χ0n) is 12.3.